The predicted molar refractivity (Wildman–Crippen MR) is 62.0 cm³/mol. The standard InChI is InChI=1S/C11H21NO2Se/c1-10(2)6-8(9(13)14)7-11(3,4)12(10)15-5/h8H,6-7H2,1-5H3,(H,13,14). The molecule has 0 bridgehead atoms. The number of carbonyl (C=O) groups is 1. The summed E-state index contributed by atoms with van der Waals surface area (Å²) < 4.78 is 2.48. The molecule has 1 fully saturated rings. The SMILES string of the molecule is C[Se]N1C(C)(C)CC(C(=O)O)CC1(C)C. The van der Waals surface area contributed by atoms with E-state index in [4.69, 9.17) is 5.11 Å². The van der Waals surface area contributed by atoms with Gasteiger partial charge in [-0.25, -0.2) is 0 Å². The minimum absolute atomic E-state index is 0.0134. The molecule has 3 nitrogen and oxygen atoms in total. The molecule has 1 heterocycles. The molecule has 15 heavy (non-hydrogen) atoms. The summed E-state index contributed by atoms with van der Waals surface area (Å²) in [6.07, 6.45) is 1.53. The Kier molecular flexibility index (Phi) is 3.54. The van der Waals surface area contributed by atoms with Gasteiger partial charge < -0.3 is 0 Å². The Balaban J connectivity index is 2.95. The van der Waals surface area contributed by atoms with Crippen molar-refractivity contribution in [2.45, 2.75) is 57.4 Å². The van der Waals surface area contributed by atoms with Crippen molar-refractivity contribution in [3.05, 3.63) is 0 Å². The first kappa shape index (κ1) is 13.0. The molecule has 1 aliphatic heterocycles. The van der Waals surface area contributed by atoms with Crippen molar-refractivity contribution >= 4 is 21.1 Å². The third-order valence-corrected chi connectivity index (χ3v) is 5.96. The van der Waals surface area contributed by atoms with Gasteiger partial charge in [-0.05, 0) is 0 Å². The van der Waals surface area contributed by atoms with Gasteiger partial charge in [0.05, 0.1) is 0 Å². The molecule has 0 aromatic heterocycles. The molecular formula is C11H21NO2Se. The van der Waals surface area contributed by atoms with Crippen molar-refractivity contribution in [3.8, 4) is 0 Å². The maximum absolute atomic E-state index is 11.1. The monoisotopic (exact) mass is 279 g/mol. The third kappa shape index (κ3) is 2.55. The fraction of sp³-hybridized carbons (Fsp3) is 0.909. The van der Waals surface area contributed by atoms with Crippen molar-refractivity contribution in [1.82, 2.24) is 3.92 Å². The first-order valence-electron chi connectivity index (χ1n) is 5.28. The number of hydrogen-bond acceptors (Lipinski definition) is 2. The summed E-state index contributed by atoms with van der Waals surface area (Å²) in [6.45, 7) is 8.65. The van der Waals surface area contributed by atoms with Crippen LogP contribution in [0.3, 0.4) is 0 Å². The Bertz CT molecular complexity index is 245. The molecule has 0 aliphatic carbocycles. The third-order valence-electron chi connectivity index (χ3n) is 3.12. The average molecular weight is 278 g/mol. The number of carboxylic acid groups (broad SMARTS) is 1. The van der Waals surface area contributed by atoms with Crippen LogP contribution < -0.4 is 0 Å². The first-order valence-corrected chi connectivity index (χ1v) is 7.76. The topological polar surface area (TPSA) is 40.5 Å². The van der Waals surface area contributed by atoms with Gasteiger partial charge in [-0.2, -0.15) is 0 Å². The van der Waals surface area contributed by atoms with Crippen LogP contribution in [0.5, 0.6) is 0 Å². The van der Waals surface area contributed by atoms with E-state index in [1.165, 1.54) is 0 Å². The zero-order valence-corrected chi connectivity index (χ0v) is 11.9. The van der Waals surface area contributed by atoms with Gasteiger partial charge in [0.25, 0.3) is 0 Å². The summed E-state index contributed by atoms with van der Waals surface area (Å²) in [7, 11) is 0. The number of carboxylic acids is 1. The molecule has 1 rings (SSSR count). The van der Waals surface area contributed by atoms with Crippen molar-refractivity contribution in [2.24, 2.45) is 5.92 Å². The summed E-state index contributed by atoms with van der Waals surface area (Å²) in [5, 5.41) is 9.15. The second kappa shape index (κ2) is 4.08. The fourth-order valence-corrected chi connectivity index (χ4v) is 5.32. The van der Waals surface area contributed by atoms with Crippen molar-refractivity contribution in [3.63, 3.8) is 0 Å². The molecule has 4 heteroatoms. The molecule has 0 saturated carbocycles. The van der Waals surface area contributed by atoms with Gasteiger partial charge in [-0.15, -0.1) is 0 Å². The average Bonchev–Trinajstić information content (AvgIpc) is 1.99. The Morgan fingerprint density at radius 3 is 1.93 bits per heavy atom. The van der Waals surface area contributed by atoms with Crippen LogP contribution in [0.2, 0.25) is 5.82 Å². The predicted octanol–water partition coefficient (Wildman–Crippen LogP) is 2.01. The van der Waals surface area contributed by atoms with Crippen LogP contribution >= 0.6 is 0 Å². The molecule has 1 aliphatic rings. The van der Waals surface area contributed by atoms with Crippen molar-refractivity contribution in [1.29, 1.82) is 0 Å². The normalized spacial score (nSPS) is 26.5. The van der Waals surface area contributed by atoms with Gasteiger partial charge in [0.15, 0.2) is 0 Å². The Labute approximate surface area is 98.6 Å². The fourth-order valence-electron chi connectivity index (χ4n) is 2.93. The van der Waals surface area contributed by atoms with Gasteiger partial charge in [0.2, 0.25) is 0 Å². The molecule has 1 N–H and O–H groups in total. The van der Waals surface area contributed by atoms with Gasteiger partial charge in [-0.3, -0.25) is 0 Å². The van der Waals surface area contributed by atoms with Crippen LogP contribution in [-0.2, 0) is 4.79 Å². The van der Waals surface area contributed by atoms with Crippen LogP contribution in [0.15, 0.2) is 0 Å². The zero-order valence-electron chi connectivity index (χ0n) is 10.2. The van der Waals surface area contributed by atoms with Crippen LogP contribution in [-0.4, -0.2) is 41.2 Å². The molecular weight excluding hydrogens is 257 g/mol. The maximum atomic E-state index is 11.1. The number of aliphatic carboxylic acids is 1. The zero-order chi connectivity index (χ0) is 11.9. The molecule has 0 atom stereocenters. The Morgan fingerprint density at radius 1 is 1.27 bits per heavy atom. The van der Waals surface area contributed by atoms with E-state index >= 15 is 0 Å². The van der Waals surface area contributed by atoms with E-state index < -0.39 is 5.97 Å². The number of rotatable bonds is 2. The molecule has 0 amide bonds. The summed E-state index contributed by atoms with van der Waals surface area (Å²) in [4.78, 5) is 11.1. The van der Waals surface area contributed by atoms with Crippen LogP contribution in [0.25, 0.3) is 0 Å². The van der Waals surface area contributed by atoms with E-state index in [2.05, 4.69) is 37.4 Å². The van der Waals surface area contributed by atoms with Crippen LogP contribution in [0, 0.1) is 5.92 Å². The quantitative estimate of drug-likeness (QED) is 0.785. The molecule has 88 valence electrons. The van der Waals surface area contributed by atoms with Crippen molar-refractivity contribution < 1.29 is 9.90 Å². The molecule has 0 radical (unpaired) electrons. The minimum atomic E-state index is -0.639. The van der Waals surface area contributed by atoms with E-state index in [1.807, 2.05) is 0 Å². The molecule has 0 aromatic carbocycles. The van der Waals surface area contributed by atoms with E-state index in [9.17, 15) is 4.79 Å². The van der Waals surface area contributed by atoms with E-state index in [0.29, 0.717) is 15.2 Å². The van der Waals surface area contributed by atoms with E-state index in [0.717, 1.165) is 12.8 Å². The second-order valence-electron chi connectivity index (χ2n) is 5.55. The Morgan fingerprint density at radius 2 is 1.67 bits per heavy atom. The van der Waals surface area contributed by atoms with Gasteiger partial charge in [-0.1, -0.05) is 0 Å². The van der Waals surface area contributed by atoms with Gasteiger partial charge >= 0.3 is 98.3 Å². The molecule has 1 saturated heterocycles. The summed E-state index contributed by atoms with van der Waals surface area (Å²) in [5.41, 5.74) is 0.0269. The van der Waals surface area contributed by atoms with E-state index in [-0.39, 0.29) is 17.0 Å². The van der Waals surface area contributed by atoms with Gasteiger partial charge in [0.1, 0.15) is 0 Å². The summed E-state index contributed by atoms with van der Waals surface area (Å²) in [5.74, 6) is 1.38. The van der Waals surface area contributed by atoms with Crippen LogP contribution in [0.1, 0.15) is 40.5 Å². The molecule has 0 aromatic rings. The second-order valence-corrected chi connectivity index (χ2v) is 7.08. The summed E-state index contributed by atoms with van der Waals surface area (Å²) >= 11 is 0.427. The number of nitrogens with zero attached hydrogens (tertiary/aromatic N) is 1. The van der Waals surface area contributed by atoms with Crippen molar-refractivity contribution in [2.75, 3.05) is 0 Å². The first-order chi connectivity index (χ1) is 6.70. The van der Waals surface area contributed by atoms with Crippen LogP contribution in [0.4, 0.5) is 0 Å². The van der Waals surface area contributed by atoms with E-state index in [1.54, 1.807) is 0 Å². The number of hydrogen-bond donors (Lipinski definition) is 1. The van der Waals surface area contributed by atoms with Gasteiger partial charge in [0, 0.05) is 0 Å². The molecule has 0 spiro atoms. The summed E-state index contributed by atoms with van der Waals surface area (Å²) in [6, 6.07) is 0. The Hall–Kier alpha value is -0.0505. The number of piperidine rings is 1. The molecule has 0 unspecified atom stereocenters.